The molecule has 0 aliphatic carbocycles. The summed E-state index contributed by atoms with van der Waals surface area (Å²) in [5.41, 5.74) is 12.7. The van der Waals surface area contributed by atoms with Gasteiger partial charge in [-0.25, -0.2) is 4.98 Å². The van der Waals surface area contributed by atoms with Crippen molar-refractivity contribution in [3.8, 4) is 17.2 Å². The first-order chi connectivity index (χ1) is 25.0. The second-order valence-corrected chi connectivity index (χ2v) is 16.0. The lowest BCUT2D eigenvalue weighted by Gasteiger charge is -2.26. The topological polar surface area (TPSA) is 39.8 Å². The lowest BCUT2D eigenvalue weighted by molar-refractivity contribution is -0.572. The van der Waals surface area contributed by atoms with Gasteiger partial charge >= 0.3 is 0 Å². The van der Waals surface area contributed by atoms with E-state index in [1.54, 1.807) is 6.26 Å². The van der Waals surface area contributed by atoms with Crippen molar-refractivity contribution in [3.63, 3.8) is 0 Å². The fraction of sp³-hybridized carbons (Fsp3) is 0.191. The van der Waals surface area contributed by atoms with Crippen molar-refractivity contribution in [2.24, 2.45) is 0 Å². The van der Waals surface area contributed by atoms with E-state index in [2.05, 4.69) is 171 Å². The average Bonchev–Trinajstić information content (AvgIpc) is 3.85. The van der Waals surface area contributed by atoms with Gasteiger partial charge in [-0.05, 0) is 88.0 Å². The molecule has 4 heterocycles. The van der Waals surface area contributed by atoms with Crippen molar-refractivity contribution < 1.29 is 8.98 Å². The highest BCUT2D eigenvalue weighted by molar-refractivity contribution is 6.10. The molecular formula is C47H42N4O. The summed E-state index contributed by atoms with van der Waals surface area (Å²) in [6.45, 7) is 13.7. The summed E-state index contributed by atoms with van der Waals surface area (Å²) in [5, 5.41) is 3.41. The van der Waals surface area contributed by atoms with Crippen LogP contribution < -0.4 is 4.57 Å². The number of nitrogens with zero attached hydrogens (tertiary/aromatic N) is 4. The first-order valence-electron chi connectivity index (χ1n) is 18.1. The Labute approximate surface area is 304 Å². The van der Waals surface area contributed by atoms with E-state index in [-0.39, 0.29) is 10.8 Å². The zero-order valence-corrected chi connectivity index (χ0v) is 30.6. The van der Waals surface area contributed by atoms with E-state index in [4.69, 9.17) is 9.40 Å². The third-order valence-electron chi connectivity index (χ3n) is 10.4. The molecular weight excluding hydrogens is 637 g/mol. The number of benzene rings is 5. The molecule has 0 radical (unpaired) electrons. The molecule has 9 aromatic rings. The standard InChI is InChI=1S/C47H42N4O/c1-46(2,3)33-27-34(47(4,5)6)29-36(28-33)50-30-49(41-16-9-10-17-42(41)50)35-13-11-12-31(25-35)24-32-18-19-38-37-14-7-8-15-40(37)51(43(38)26-32)45-39-21-23-52-44(39)20-22-48-45/h7-23,25-29H,24H2,1-6H3. The van der Waals surface area contributed by atoms with Gasteiger partial charge in [0.05, 0.1) is 45.1 Å². The van der Waals surface area contributed by atoms with Crippen LogP contribution in [0, 0.1) is 6.33 Å². The summed E-state index contributed by atoms with van der Waals surface area (Å²) in [6.07, 6.45) is 8.12. The summed E-state index contributed by atoms with van der Waals surface area (Å²) in [7, 11) is 0. The number of rotatable bonds is 5. The molecule has 5 aromatic carbocycles. The number of furan rings is 1. The lowest BCUT2D eigenvalue weighted by atomic mass is 9.80. The molecule has 9 rings (SSSR count). The van der Waals surface area contributed by atoms with Crippen molar-refractivity contribution in [3.05, 3.63) is 162 Å². The Kier molecular flexibility index (Phi) is 7.27. The molecule has 0 aliphatic heterocycles. The van der Waals surface area contributed by atoms with E-state index in [0.29, 0.717) is 0 Å². The number of para-hydroxylation sites is 3. The maximum absolute atomic E-state index is 5.76. The Balaban J connectivity index is 1.14. The summed E-state index contributed by atoms with van der Waals surface area (Å²) in [6, 6.07) is 43.8. The van der Waals surface area contributed by atoms with Crippen molar-refractivity contribution in [2.45, 2.75) is 58.8 Å². The predicted molar refractivity (Wildman–Crippen MR) is 212 cm³/mol. The second-order valence-electron chi connectivity index (χ2n) is 16.0. The van der Waals surface area contributed by atoms with Crippen LogP contribution in [0.2, 0.25) is 0 Å². The number of imidazole rings is 1. The lowest BCUT2D eigenvalue weighted by Crippen LogP contribution is -2.31. The van der Waals surface area contributed by atoms with Crippen LogP contribution in [0.5, 0.6) is 0 Å². The van der Waals surface area contributed by atoms with Gasteiger partial charge in [-0.2, -0.15) is 0 Å². The quantitative estimate of drug-likeness (QED) is 0.134. The molecule has 0 unspecified atom stereocenters. The van der Waals surface area contributed by atoms with E-state index in [1.165, 1.54) is 33.0 Å². The zero-order chi connectivity index (χ0) is 35.8. The van der Waals surface area contributed by atoms with Gasteiger partial charge in [0.1, 0.15) is 11.4 Å². The Morgan fingerprint density at radius 3 is 2.13 bits per heavy atom. The van der Waals surface area contributed by atoms with Gasteiger partial charge in [0, 0.05) is 17.0 Å². The molecule has 0 saturated heterocycles. The van der Waals surface area contributed by atoms with Gasteiger partial charge in [-0.15, -0.1) is 0 Å². The fourth-order valence-electron chi connectivity index (χ4n) is 7.50. The fourth-order valence-corrected chi connectivity index (χ4v) is 7.50. The highest BCUT2D eigenvalue weighted by Crippen LogP contribution is 2.35. The molecule has 0 saturated carbocycles. The van der Waals surface area contributed by atoms with Gasteiger partial charge in [0.15, 0.2) is 0 Å². The van der Waals surface area contributed by atoms with E-state index >= 15 is 0 Å². The number of aromatic nitrogens is 4. The number of pyridine rings is 1. The van der Waals surface area contributed by atoms with Crippen LogP contribution in [0.3, 0.4) is 0 Å². The van der Waals surface area contributed by atoms with Gasteiger partial charge in [0.2, 0.25) is 0 Å². The third kappa shape index (κ3) is 5.39. The molecule has 52 heavy (non-hydrogen) atoms. The average molecular weight is 679 g/mol. The van der Waals surface area contributed by atoms with E-state index < -0.39 is 0 Å². The normalized spacial score (nSPS) is 12.5. The van der Waals surface area contributed by atoms with Crippen molar-refractivity contribution in [2.75, 3.05) is 0 Å². The first-order valence-corrected chi connectivity index (χ1v) is 18.1. The summed E-state index contributed by atoms with van der Waals surface area (Å²) in [4.78, 5) is 4.86. The molecule has 0 bridgehead atoms. The smallest absolute Gasteiger partial charge is 0.269 e. The van der Waals surface area contributed by atoms with Crippen molar-refractivity contribution >= 4 is 43.8 Å². The Bertz CT molecular complexity index is 2770. The predicted octanol–water partition coefficient (Wildman–Crippen LogP) is 11.1. The van der Waals surface area contributed by atoms with Gasteiger partial charge in [0.25, 0.3) is 6.33 Å². The molecule has 0 amide bonds. The molecule has 0 aliphatic rings. The number of hydrogen-bond donors (Lipinski definition) is 0. The van der Waals surface area contributed by atoms with Crippen molar-refractivity contribution in [1.82, 2.24) is 14.1 Å². The van der Waals surface area contributed by atoms with Gasteiger partial charge in [-0.1, -0.05) is 114 Å². The van der Waals surface area contributed by atoms with E-state index in [0.717, 1.165) is 56.6 Å². The Morgan fingerprint density at radius 1 is 0.635 bits per heavy atom. The van der Waals surface area contributed by atoms with Crippen LogP contribution in [0.25, 0.3) is 61.0 Å². The van der Waals surface area contributed by atoms with Gasteiger partial charge in [-0.3, -0.25) is 13.7 Å². The first kappa shape index (κ1) is 32.0. The molecule has 4 aromatic heterocycles. The summed E-state index contributed by atoms with van der Waals surface area (Å²) < 4.78 is 12.5. The molecule has 0 N–H and O–H groups in total. The van der Waals surface area contributed by atoms with E-state index in [9.17, 15) is 0 Å². The van der Waals surface area contributed by atoms with Crippen LogP contribution in [0.1, 0.15) is 63.8 Å². The minimum atomic E-state index is 0.0176. The maximum atomic E-state index is 5.76. The second kappa shape index (κ2) is 11.8. The van der Waals surface area contributed by atoms with Crippen LogP contribution in [0.4, 0.5) is 0 Å². The van der Waals surface area contributed by atoms with E-state index in [1.807, 2.05) is 18.3 Å². The summed E-state index contributed by atoms with van der Waals surface area (Å²) in [5.74, 6) is 0.877. The van der Waals surface area contributed by atoms with Crippen LogP contribution >= 0.6 is 0 Å². The van der Waals surface area contributed by atoms with Crippen LogP contribution in [-0.4, -0.2) is 14.1 Å². The van der Waals surface area contributed by atoms with Crippen molar-refractivity contribution in [1.29, 1.82) is 0 Å². The monoisotopic (exact) mass is 678 g/mol. The minimum Gasteiger partial charge on any atom is -0.464 e. The molecule has 5 heteroatoms. The number of hydrogen-bond acceptors (Lipinski definition) is 2. The Hall–Kier alpha value is -5.94. The maximum Gasteiger partial charge on any atom is 0.269 e. The largest absolute Gasteiger partial charge is 0.464 e. The van der Waals surface area contributed by atoms with Crippen LogP contribution in [-0.2, 0) is 17.3 Å². The molecule has 256 valence electrons. The van der Waals surface area contributed by atoms with Crippen LogP contribution in [0.15, 0.2) is 138 Å². The molecule has 0 spiro atoms. The number of fused-ring (bicyclic) bond motifs is 5. The highest BCUT2D eigenvalue weighted by Gasteiger charge is 2.23. The minimum absolute atomic E-state index is 0.0176. The molecule has 0 atom stereocenters. The molecule has 5 nitrogen and oxygen atoms in total. The third-order valence-corrected chi connectivity index (χ3v) is 10.4. The zero-order valence-electron chi connectivity index (χ0n) is 30.6. The highest BCUT2D eigenvalue weighted by atomic mass is 16.3. The summed E-state index contributed by atoms with van der Waals surface area (Å²) >= 11 is 0. The molecule has 0 fully saturated rings. The Morgan fingerprint density at radius 2 is 1.35 bits per heavy atom. The van der Waals surface area contributed by atoms with Gasteiger partial charge < -0.3 is 4.42 Å². The SMILES string of the molecule is CC(C)(C)c1cc(-[n+]2[c-]n(-c3cccc(Cc4ccc5c6ccccc6n(-c6nccc7occc67)c5c4)c3)c3ccccc32)cc(C(C)(C)C)c1.